The van der Waals surface area contributed by atoms with Gasteiger partial charge in [-0.05, 0) is 83.5 Å². The van der Waals surface area contributed by atoms with Gasteiger partial charge in [-0.2, -0.15) is 0 Å². The van der Waals surface area contributed by atoms with Gasteiger partial charge in [0.2, 0.25) is 0 Å². The maximum absolute atomic E-state index is 12.6. The predicted octanol–water partition coefficient (Wildman–Crippen LogP) is 12.7. The van der Waals surface area contributed by atoms with Crippen LogP contribution in [-0.2, 0) is 28.6 Å². The fourth-order valence-corrected chi connectivity index (χ4v) is 4.84. The van der Waals surface area contributed by atoms with E-state index in [0.717, 1.165) is 96.3 Å². The molecule has 0 aliphatic carbocycles. The molecular weight excluding hydrogens is 648 g/mol. The molecule has 0 radical (unpaired) electrons. The van der Waals surface area contributed by atoms with Crippen LogP contribution in [0.4, 0.5) is 0 Å². The normalized spacial score (nSPS) is 13.1. The third kappa shape index (κ3) is 37.6. The van der Waals surface area contributed by atoms with Gasteiger partial charge < -0.3 is 14.2 Å². The SMILES string of the molecule is CC/C=C\C/C=C\C/C=C\CCCCCCC(=O)OCC(COC(=O)C/C=C\C/C=C\C/C=C\CC)OC(=O)CCCCC/C=C\C=C/CCCC. The second kappa shape index (κ2) is 40.1. The number of rotatable bonds is 34. The van der Waals surface area contributed by atoms with Gasteiger partial charge in [-0.3, -0.25) is 14.4 Å². The Morgan fingerprint density at radius 2 is 0.885 bits per heavy atom. The molecule has 0 aromatic heterocycles. The van der Waals surface area contributed by atoms with Crippen molar-refractivity contribution >= 4 is 17.9 Å². The Labute approximate surface area is 317 Å². The Hall–Kier alpha value is -3.67. The Bertz CT molecular complexity index is 1100. The minimum absolute atomic E-state index is 0.122. The van der Waals surface area contributed by atoms with Gasteiger partial charge in [-0.1, -0.05) is 150 Å². The summed E-state index contributed by atoms with van der Waals surface area (Å²) in [6.45, 7) is 6.16. The summed E-state index contributed by atoms with van der Waals surface area (Å²) in [5, 5.41) is 0. The Morgan fingerprint density at radius 3 is 1.46 bits per heavy atom. The van der Waals surface area contributed by atoms with E-state index in [2.05, 4.69) is 106 Å². The van der Waals surface area contributed by atoms with Crippen molar-refractivity contribution < 1.29 is 28.6 Å². The van der Waals surface area contributed by atoms with Crippen LogP contribution in [0.3, 0.4) is 0 Å². The van der Waals surface area contributed by atoms with Gasteiger partial charge in [0.25, 0.3) is 0 Å². The molecule has 0 rings (SSSR count). The first-order valence-corrected chi connectivity index (χ1v) is 20.3. The zero-order valence-corrected chi connectivity index (χ0v) is 33.0. The molecule has 0 N–H and O–H groups in total. The first-order chi connectivity index (χ1) is 25.5. The second-order valence-corrected chi connectivity index (χ2v) is 12.8. The number of carbonyl (C=O) groups excluding carboxylic acids is 3. The lowest BCUT2D eigenvalue weighted by Gasteiger charge is -2.18. The summed E-state index contributed by atoms with van der Waals surface area (Å²) in [4.78, 5) is 37.4. The average Bonchev–Trinajstić information content (AvgIpc) is 3.14. The summed E-state index contributed by atoms with van der Waals surface area (Å²) in [5.41, 5.74) is 0. The van der Waals surface area contributed by atoms with E-state index in [4.69, 9.17) is 14.2 Å². The van der Waals surface area contributed by atoms with Gasteiger partial charge in [0.15, 0.2) is 6.10 Å². The first-order valence-electron chi connectivity index (χ1n) is 20.3. The predicted molar refractivity (Wildman–Crippen MR) is 219 cm³/mol. The average molecular weight is 721 g/mol. The van der Waals surface area contributed by atoms with E-state index in [-0.39, 0.29) is 38.0 Å². The van der Waals surface area contributed by atoms with Crippen LogP contribution in [-0.4, -0.2) is 37.2 Å². The molecule has 0 saturated carbocycles. The molecule has 292 valence electrons. The van der Waals surface area contributed by atoms with Gasteiger partial charge in [-0.15, -0.1) is 0 Å². The second-order valence-electron chi connectivity index (χ2n) is 12.8. The van der Waals surface area contributed by atoms with E-state index in [9.17, 15) is 14.4 Å². The number of hydrogen-bond donors (Lipinski definition) is 0. The zero-order valence-electron chi connectivity index (χ0n) is 33.0. The molecule has 0 aliphatic heterocycles. The first kappa shape index (κ1) is 48.3. The topological polar surface area (TPSA) is 78.9 Å². The highest BCUT2D eigenvalue weighted by molar-refractivity contribution is 5.72. The monoisotopic (exact) mass is 721 g/mol. The van der Waals surface area contributed by atoms with E-state index >= 15 is 0 Å². The van der Waals surface area contributed by atoms with E-state index in [0.29, 0.717) is 12.8 Å². The van der Waals surface area contributed by atoms with Crippen molar-refractivity contribution in [3.05, 3.63) is 97.2 Å². The standard InChI is InChI=1S/C46H72O6/c1-4-7-10-13-16-19-21-22-23-25-27-30-33-36-39-45(48)51-42-43(41-50-44(47)38-35-32-29-26-18-15-12-9-6-3)52-46(49)40-37-34-31-28-24-20-17-14-11-8-5-2/h7,9-10,12,14,16-20,22-24,26,32,35,43H,4-6,8,11,13,15,21,25,27-31,33-34,36-42H2,1-3H3/b10-7-,12-9-,17-14-,19-16-,23-22-,24-20-,26-18-,35-32-. The third-order valence-corrected chi connectivity index (χ3v) is 7.86. The molecule has 0 heterocycles. The molecule has 0 saturated heterocycles. The minimum Gasteiger partial charge on any atom is -0.462 e. The number of hydrogen-bond acceptors (Lipinski definition) is 6. The Kier molecular flexibility index (Phi) is 37.3. The molecule has 0 amide bonds. The number of ether oxygens (including phenoxy) is 3. The van der Waals surface area contributed by atoms with Gasteiger partial charge in [0.05, 0.1) is 6.42 Å². The van der Waals surface area contributed by atoms with E-state index in [1.807, 2.05) is 6.08 Å². The van der Waals surface area contributed by atoms with Crippen molar-refractivity contribution in [2.45, 2.75) is 162 Å². The maximum atomic E-state index is 12.6. The fourth-order valence-electron chi connectivity index (χ4n) is 4.84. The van der Waals surface area contributed by atoms with Crippen LogP contribution in [0.25, 0.3) is 0 Å². The van der Waals surface area contributed by atoms with Crippen molar-refractivity contribution in [3.63, 3.8) is 0 Å². The van der Waals surface area contributed by atoms with E-state index < -0.39 is 12.1 Å². The largest absolute Gasteiger partial charge is 0.462 e. The minimum atomic E-state index is -0.833. The van der Waals surface area contributed by atoms with Crippen LogP contribution in [0, 0.1) is 0 Å². The van der Waals surface area contributed by atoms with Gasteiger partial charge in [0.1, 0.15) is 13.2 Å². The molecule has 6 nitrogen and oxygen atoms in total. The highest BCUT2D eigenvalue weighted by atomic mass is 16.6. The summed E-state index contributed by atoms with van der Waals surface area (Å²) in [7, 11) is 0. The summed E-state index contributed by atoms with van der Waals surface area (Å²) in [5.74, 6) is -1.12. The fraction of sp³-hybridized carbons (Fsp3) is 0.587. The van der Waals surface area contributed by atoms with E-state index in [1.165, 1.54) is 12.8 Å². The van der Waals surface area contributed by atoms with Crippen molar-refractivity contribution in [1.82, 2.24) is 0 Å². The summed E-state index contributed by atoms with van der Waals surface area (Å²) < 4.78 is 16.5. The van der Waals surface area contributed by atoms with Crippen molar-refractivity contribution in [2.24, 2.45) is 0 Å². The van der Waals surface area contributed by atoms with Crippen molar-refractivity contribution in [1.29, 1.82) is 0 Å². The van der Waals surface area contributed by atoms with Crippen LogP contribution in [0.15, 0.2) is 97.2 Å². The molecule has 0 spiro atoms. The van der Waals surface area contributed by atoms with E-state index in [1.54, 1.807) is 6.08 Å². The van der Waals surface area contributed by atoms with Crippen LogP contribution < -0.4 is 0 Å². The summed E-state index contributed by atoms with van der Waals surface area (Å²) in [6.07, 6.45) is 51.4. The molecular formula is C46H72O6. The van der Waals surface area contributed by atoms with Gasteiger partial charge in [-0.25, -0.2) is 0 Å². The maximum Gasteiger partial charge on any atom is 0.309 e. The molecule has 0 aromatic rings. The molecule has 0 bridgehead atoms. The number of carbonyl (C=O) groups is 3. The van der Waals surface area contributed by atoms with Crippen LogP contribution in [0.2, 0.25) is 0 Å². The van der Waals surface area contributed by atoms with Crippen molar-refractivity contribution in [3.8, 4) is 0 Å². The molecule has 6 heteroatoms. The molecule has 1 unspecified atom stereocenters. The molecule has 0 aliphatic rings. The lowest BCUT2D eigenvalue weighted by atomic mass is 10.1. The van der Waals surface area contributed by atoms with Crippen molar-refractivity contribution in [2.75, 3.05) is 13.2 Å². The number of esters is 3. The summed E-state index contributed by atoms with van der Waals surface area (Å²) in [6, 6.07) is 0. The van der Waals surface area contributed by atoms with Crippen LogP contribution >= 0.6 is 0 Å². The molecule has 0 aromatic carbocycles. The lowest BCUT2D eigenvalue weighted by Crippen LogP contribution is -2.30. The van der Waals surface area contributed by atoms with Gasteiger partial charge in [0, 0.05) is 12.8 Å². The number of allylic oxidation sites excluding steroid dienone is 15. The lowest BCUT2D eigenvalue weighted by molar-refractivity contribution is -0.166. The third-order valence-electron chi connectivity index (χ3n) is 7.86. The zero-order chi connectivity index (χ0) is 38.0. The Balaban J connectivity index is 4.55. The molecule has 1 atom stereocenters. The molecule has 0 fully saturated rings. The van der Waals surface area contributed by atoms with Crippen LogP contribution in [0.5, 0.6) is 0 Å². The number of unbranched alkanes of at least 4 members (excludes halogenated alkanes) is 9. The molecule has 52 heavy (non-hydrogen) atoms. The quantitative estimate of drug-likeness (QED) is 0.0216. The Morgan fingerprint density at radius 1 is 0.442 bits per heavy atom. The summed E-state index contributed by atoms with van der Waals surface area (Å²) >= 11 is 0. The smallest absolute Gasteiger partial charge is 0.309 e. The van der Waals surface area contributed by atoms with Gasteiger partial charge >= 0.3 is 17.9 Å². The van der Waals surface area contributed by atoms with Crippen LogP contribution in [0.1, 0.15) is 156 Å². The highest BCUT2D eigenvalue weighted by Gasteiger charge is 2.19. The highest BCUT2D eigenvalue weighted by Crippen LogP contribution is 2.10.